The van der Waals surface area contributed by atoms with Crippen molar-refractivity contribution >= 4 is 59.8 Å². The molecule has 3 aromatic rings. The second-order valence-corrected chi connectivity index (χ2v) is 8.92. The van der Waals surface area contributed by atoms with Crippen LogP contribution in [0, 0.1) is 0 Å². The van der Waals surface area contributed by atoms with Crippen molar-refractivity contribution < 1.29 is 0 Å². The first-order valence-corrected chi connectivity index (χ1v) is 9.93. The molecular weight excluding hydrogens is 338 g/mol. The Bertz CT molecular complexity index is 840. The maximum Gasteiger partial charge on any atom is 0.141 e. The van der Waals surface area contributed by atoms with E-state index < -0.39 is 0 Å². The first kappa shape index (κ1) is 16.7. The van der Waals surface area contributed by atoms with E-state index in [-0.39, 0.29) is 0 Å². The molecule has 0 amide bonds. The smallest absolute Gasteiger partial charge is 0.141 e. The highest BCUT2D eigenvalue weighted by atomic mass is 32.2. The Kier molecular flexibility index (Phi) is 4.95. The fourth-order valence-electron chi connectivity index (χ4n) is 2.97. The van der Waals surface area contributed by atoms with Gasteiger partial charge in [0.1, 0.15) is 4.32 Å². The van der Waals surface area contributed by atoms with Crippen LogP contribution in [0.5, 0.6) is 0 Å². The van der Waals surface area contributed by atoms with Gasteiger partial charge in [-0.15, -0.1) is 11.3 Å². The van der Waals surface area contributed by atoms with Crippen molar-refractivity contribution in [2.24, 2.45) is 0 Å². The molecule has 0 aliphatic rings. The van der Waals surface area contributed by atoms with E-state index >= 15 is 0 Å². The van der Waals surface area contributed by atoms with Crippen LogP contribution in [-0.2, 0) is 0 Å². The zero-order valence-electron chi connectivity index (χ0n) is 13.9. The summed E-state index contributed by atoms with van der Waals surface area (Å²) < 4.78 is 3.64. The predicted octanol–water partition coefficient (Wildman–Crippen LogP) is 6.55. The molecule has 0 fully saturated rings. The molecule has 0 bridgehead atoms. The van der Waals surface area contributed by atoms with Gasteiger partial charge >= 0.3 is 0 Å². The highest BCUT2D eigenvalue weighted by molar-refractivity contribution is 8.23. The molecule has 0 atom stereocenters. The zero-order chi connectivity index (χ0) is 16.6. The first-order valence-electron chi connectivity index (χ1n) is 7.89. The van der Waals surface area contributed by atoms with Gasteiger partial charge in [-0.2, -0.15) is 0 Å². The summed E-state index contributed by atoms with van der Waals surface area (Å²) in [5, 5.41) is 2.67. The van der Waals surface area contributed by atoms with Gasteiger partial charge in [0.05, 0.1) is 0 Å². The lowest BCUT2D eigenvalue weighted by Gasteiger charge is -2.32. The monoisotopic (exact) mass is 359 g/mol. The Balaban J connectivity index is 2.02. The lowest BCUT2D eigenvalue weighted by molar-refractivity contribution is 0.303. The number of thiocarbonyl (C=S) groups is 1. The highest BCUT2D eigenvalue weighted by Crippen LogP contribution is 2.40. The molecule has 1 aromatic heterocycles. The van der Waals surface area contributed by atoms with Crippen LogP contribution in [0.1, 0.15) is 27.7 Å². The van der Waals surface area contributed by atoms with Crippen molar-refractivity contribution in [2.75, 3.05) is 0 Å². The molecule has 0 saturated heterocycles. The number of rotatable bonds is 3. The van der Waals surface area contributed by atoms with Crippen LogP contribution in [0.4, 0.5) is 0 Å². The first-order chi connectivity index (χ1) is 11.0. The molecule has 0 unspecified atom stereocenters. The van der Waals surface area contributed by atoms with Gasteiger partial charge in [-0.1, -0.05) is 54.3 Å². The summed E-state index contributed by atoms with van der Waals surface area (Å²) >= 11 is 9.33. The Hall–Kier alpha value is -1.10. The van der Waals surface area contributed by atoms with E-state index in [0.717, 1.165) is 4.32 Å². The molecule has 4 heteroatoms. The van der Waals surface area contributed by atoms with E-state index in [1.165, 1.54) is 25.1 Å². The molecule has 0 aliphatic heterocycles. The van der Waals surface area contributed by atoms with E-state index in [1.807, 2.05) is 11.3 Å². The average molecular weight is 360 g/mol. The normalized spacial score (nSPS) is 11.7. The number of hydrogen-bond donors (Lipinski definition) is 0. The lowest BCUT2D eigenvalue weighted by Crippen LogP contribution is -2.39. The van der Waals surface area contributed by atoms with Crippen molar-refractivity contribution in [3.8, 4) is 0 Å². The number of fused-ring (bicyclic) bond motifs is 3. The van der Waals surface area contributed by atoms with Crippen LogP contribution < -0.4 is 0 Å². The van der Waals surface area contributed by atoms with Crippen LogP contribution in [-0.4, -0.2) is 21.3 Å². The van der Waals surface area contributed by atoms with Crippen molar-refractivity contribution in [3.05, 3.63) is 42.5 Å². The van der Waals surface area contributed by atoms with Gasteiger partial charge in [0, 0.05) is 37.2 Å². The fourth-order valence-corrected chi connectivity index (χ4v) is 6.08. The molecule has 2 aromatic carbocycles. The number of thioether (sulfide) groups is 1. The van der Waals surface area contributed by atoms with Gasteiger partial charge in [-0.25, -0.2) is 0 Å². The van der Waals surface area contributed by atoms with Crippen molar-refractivity contribution in [1.29, 1.82) is 0 Å². The second kappa shape index (κ2) is 6.80. The molecule has 3 rings (SSSR count). The number of nitrogens with zero attached hydrogens (tertiary/aromatic N) is 1. The highest BCUT2D eigenvalue weighted by Gasteiger charge is 2.19. The van der Waals surface area contributed by atoms with Crippen LogP contribution in [0.3, 0.4) is 0 Å². The molecule has 1 nitrogen and oxygen atoms in total. The van der Waals surface area contributed by atoms with E-state index in [9.17, 15) is 0 Å². The summed E-state index contributed by atoms with van der Waals surface area (Å²) in [5.41, 5.74) is 0. The van der Waals surface area contributed by atoms with Gasteiger partial charge in [-0.05, 0) is 39.8 Å². The Morgan fingerprint density at radius 1 is 0.957 bits per heavy atom. The average Bonchev–Trinajstić information content (AvgIpc) is 2.86. The van der Waals surface area contributed by atoms with Crippen LogP contribution in [0.25, 0.3) is 20.2 Å². The summed E-state index contributed by atoms with van der Waals surface area (Å²) in [6.45, 7) is 8.81. The third-order valence-electron chi connectivity index (χ3n) is 3.89. The number of hydrogen-bond acceptors (Lipinski definition) is 3. The maximum atomic E-state index is 5.75. The summed E-state index contributed by atoms with van der Waals surface area (Å²) in [6.07, 6.45) is 0. The van der Waals surface area contributed by atoms with E-state index in [1.54, 1.807) is 11.8 Å². The summed E-state index contributed by atoms with van der Waals surface area (Å²) in [5.74, 6) is 0. The maximum absolute atomic E-state index is 5.75. The third kappa shape index (κ3) is 3.25. The minimum Gasteiger partial charge on any atom is -0.352 e. The molecule has 0 saturated carbocycles. The second-order valence-electron chi connectivity index (χ2n) is 6.19. The largest absolute Gasteiger partial charge is 0.352 e. The molecule has 23 heavy (non-hydrogen) atoms. The fraction of sp³-hybridized carbons (Fsp3) is 0.316. The Labute approximate surface area is 151 Å². The van der Waals surface area contributed by atoms with Crippen LogP contribution >= 0.6 is 35.3 Å². The summed E-state index contributed by atoms with van der Waals surface area (Å²) in [4.78, 5) is 3.58. The molecule has 0 aliphatic carbocycles. The van der Waals surface area contributed by atoms with Crippen molar-refractivity contribution in [2.45, 2.75) is 44.7 Å². The summed E-state index contributed by atoms with van der Waals surface area (Å²) in [6, 6.07) is 16.0. The van der Waals surface area contributed by atoms with Crippen LogP contribution in [0.2, 0.25) is 0 Å². The third-order valence-corrected chi connectivity index (χ3v) is 6.64. The molecule has 120 valence electrons. The quantitative estimate of drug-likeness (QED) is 0.385. The molecule has 0 radical (unpaired) electrons. The molecular formula is C19H21NS3. The lowest BCUT2D eigenvalue weighted by atomic mass is 10.1. The number of thiophene rings is 1. The SMILES string of the molecule is CC(C)N(C(=S)Sc1cccc2c1sc1ccccc12)C(C)C. The van der Waals surface area contributed by atoms with Gasteiger partial charge < -0.3 is 4.90 Å². The van der Waals surface area contributed by atoms with Crippen molar-refractivity contribution in [3.63, 3.8) is 0 Å². The van der Waals surface area contributed by atoms with Gasteiger partial charge in [0.2, 0.25) is 0 Å². The van der Waals surface area contributed by atoms with E-state index in [4.69, 9.17) is 12.2 Å². The number of benzene rings is 2. The molecule has 1 heterocycles. The zero-order valence-corrected chi connectivity index (χ0v) is 16.3. The summed E-state index contributed by atoms with van der Waals surface area (Å²) in [7, 11) is 0. The van der Waals surface area contributed by atoms with Gasteiger partial charge in [0.15, 0.2) is 0 Å². The topological polar surface area (TPSA) is 3.24 Å². The minimum atomic E-state index is 0.414. The molecule has 0 spiro atoms. The Morgan fingerprint density at radius 3 is 2.30 bits per heavy atom. The van der Waals surface area contributed by atoms with Crippen molar-refractivity contribution in [1.82, 2.24) is 4.90 Å². The van der Waals surface area contributed by atoms with Gasteiger partial charge in [-0.3, -0.25) is 0 Å². The predicted molar refractivity (Wildman–Crippen MR) is 110 cm³/mol. The minimum absolute atomic E-state index is 0.414. The standard InChI is InChI=1S/C19H21NS3/c1-12(2)20(13(3)4)19(21)23-17-11-7-9-15-14-8-5-6-10-16(14)22-18(15)17/h5-13H,1-4H3. The van der Waals surface area contributed by atoms with Crippen LogP contribution in [0.15, 0.2) is 47.4 Å². The molecule has 0 N–H and O–H groups in total. The van der Waals surface area contributed by atoms with Gasteiger partial charge in [0.25, 0.3) is 0 Å². The van der Waals surface area contributed by atoms with E-state index in [0.29, 0.717) is 12.1 Å². The Morgan fingerprint density at radius 2 is 1.61 bits per heavy atom. The van der Waals surface area contributed by atoms with E-state index in [2.05, 4.69) is 75.1 Å².